The number of nitrogens with zero attached hydrogens (tertiary/aromatic N) is 2. The minimum atomic E-state index is -0.514. The molecule has 4 N–H and O–H groups in total. The van der Waals surface area contributed by atoms with Crippen molar-refractivity contribution in [3.63, 3.8) is 0 Å². The highest BCUT2D eigenvalue weighted by Gasteiger charge is 2.13. The number of aromatic nitrogens is 2. The summed E-state index contributed by atoms with van der Waals surface area (Å²) >= 11 is 1.31. The van der Waals surface area contributed by atoms with Crippen LogP contribution in [-0.4, -0.2) is 15.9 Å². The molecule has 6 heteroatoms. The molecule has 0 aliphatic rings. The third kappa shape index (κ3) is 2.91. The van der Waals surface area contributed by atoms with E-state index in [0.717, 1.165) is 17.0 Å². The summed E-state index contributed by atoms with van der Waals surface area (Å²) in [6.45, 7) is 5.86. The molecule has 0 atom stereocenters. The van der Waals surface area contributed by atoms with Crippen LogP contribution in [-0.2, 0) is 0 Å². The predicted molar refractivity (Wildman–Crippen MR) is 79.7 cm³/mol. The molecule has 2 rings (SSSR count). The third-order valence-corrected chi connectivity index (χ3v) is 4.02. The smallest absolute Gasteiger partial charge is 0.249 e. The summed E-state index contributed by atoms with van der Waals surface area (Å²) in [5.74, 6) is -0.514. The van der Waals surface area contributed by atoms with Crippen LogP contribution in [0.15, 0.2) is 28.3 Å². The van der Waals surface area contributed by atoms with Crippen LogP contribution in [0.3, 0.4) is 0 Å². The van der Waals surface area contributed by atoms with Crippen molar-refractivity contribution in [1.29, 1.82) is 0 Å². The van der Waals surface area contributed by atoms with Crippen molar-refractivity contribution in [2.24, 2.45) is 5.73 Å². The van der Waals surface area contributed by atoms with Crippen molar-refractivity contribution in [3.8, 4) is 0 Å². The number of amides is 1. The number of carbonyl (C=O) groups excluding carboxylic acids is 1. The van der Waals surface area contributed by atoms with Gasteiger partial charge in [0.2, 0.25) is 5.91 Å². The molecule has 1 amide bonds. The van der Waals surface area contributed by atoms with E-state index in [9.17, 15) is 4.79 Å². The van der Waals surface area contributed by atoms with Crippen molar-refractivity contribution >= 4 is 23.4 Å². The average Bonchev–Trinajstić information content (AvgIpc) is 2.37. The van der Waals surface area contributed by atoms with Gasteiger partial charge < -0.3 is 11.5 Å². The van der Waals surface area contributed by atoms with Gasteiger partial charge in [0.1, 0.15) is 0 Å². The van der Waals surface area contributed by atoms with E-state index in [0.29, 0.717) is 21.3 Å². The van der Waals surface area contributed by atoms with Crippen LogP contribution in [0.4, 0.5) is 5.69 Å². The number of hydrogen-bond acceptors (Lipinski definition) is 5. The van der Waals surface area contributed by atoms with Crippen molar-refractivity contribution in [1.82, 2.24) is 9.97 Å². The summed E-state index contributed by atoms with van der Waals surface area (Å²) in [6, 6.07) is 5.05. The Morgan fingerprint density at radius 1 is 1.15 bits per heavy atom. The van der Waals surface area contributed by atoms with E-state index in [4.69, 9.17) is 11.5 Å². The van der Waals surface area contributed by atoms with Gasteiger partial charge in [-0.1, -0.05) is 0 Å². The highest BCUT2D eigenvalue weighted by molar-refractivity contribution is 7.99. The Bertz CT molecular complexity index is 662. The van der Waals surface area contributed by atoms with E-state index in [2.05, 4.69) is 9.97 Å². The van der Waals surface area contributed by atoms with Gasteiger partial charge in [-0.3, -0.25) is 4.79 Å². The SMILES string of the molecule is Cc1nc(Sc2ccc(N)cc2C(N)=O)nc(C)c1C. The largest absolute Gasteiger partial charge is 0.399 e. The summed E-state index contributed by atoms with van der Waals surface area (Å²) in [5, 5.41) is 0.595. The fourth-order valence-electron chi connectivity index (χ4n) is 1.71. The quantitative estimate of drug-likeness (QED) is 0.667. The van der Waals surface area contributed by atoms with Crippen LogP contribution in [0.1, 0.15) is 27.3 Å². The summed E-state index contributed by atoms with van der Waals surface area (Å²) < 4.78 is 0. The molecule has 5 nitrogen and oxygen atoms in total. The molecule has 20 heavy (non-hydrogen) atoms. The molecule has 0 bridgehead atoms. The fourth-order valence-corrected chi connectivity index (χ4v) is 2.68. The number of nitrogen functional groups attached to an aromatic ring is 1. The first-order valence-electron chi connectivity index (χ1n) is 6.07. The van der Waals surface area contributed by atoms with Crippen LogP contribution < -0.4 is 11.5 Å². The summed E-state index contributed by atoms with van der Waals surface area (Å²) in [5.41, 5.74) is 14.9. The second kappa shape index (κ2) is 5.50. The second-order valence-corrected chi connectivity index (χ2v) is 5.53. The molecule has 0 aliphatic carbocycles. The van der Waals surface area contributed by atoms with E-state index < -0.39 is 5.91 Å². The Kier molecular flexibility index (Phi) is 3.94. The molecule has 1 heterocycles. The highest BCUT2D eigenvalue weighted by atomic mass is 32.2. The molecule has 2 aromatic rings. The summed E-state index contributed by atoms with van der Waals surface area (Å²) in [6.07, 6.45) is 0. The second-order valence-electron chi connectivity index (χ2n) is 4.52. The van der Waals surface area contributed by atoms with E-state index in [-0.39, 0.29) is 0 Å². The molecule has 1 aromatic carbocycles. The van der Waals surface area contributed by atoms with Crippen LogP contribution >= 0.6 is 11.8 Å². The minimum Gasteiger partial charge on any atom is -0.399 e. The van der Waals surface area contributed by atoms with Crippen molar-refractivity contribution < 1.29 is 4.79 Å². The first-order valence-corrected chi connectivity index (χ1v) is 6.89. The molecule has 0 unspecified atom stereocenters. The number of benzene rings is 1. The summed E-state index contributed by atoms with van der Waals surface area (Å²) in [7, 11) is 0. The third-order valence-electron chi connectivity index (χ3n) is 3.08. The Labute approximate surface area is 121 Å². The number of anilines is 1. The Morgan fingerprint density at radius 2 is 1.75 bits per heavy atom. The molecule has 0 aliphatic heterocycles. The van der Waals surface area contributed by atoms with Crippen LogP contribution in [0.2, 0.25) is 0 Å². The maximum atomic E-state index is 11.5. The predicted octanol–water partition coefficient (Wildman–Crippen LogP) is 2.23. The van der Waals surface area contributed by atoms with Gasteiger partial charge >= 0.3 is 0 Å². The van der Waals surface area contributed by atoms with Crippen LogP contribution in [0, 0.1) is 20.8 Å². The fraction of sp³-hybridized carbons (Fsp3) is 0.214. The van der Waals surface area contributed by atoms with Gasteiger partial charge in [0, 0.05) is 22.0 Å². The normalized spacial score (nSPS) is 10.6. The lowest BCUT2D eigenvalue weighted by Gasteiger charge is -2.09. The molecule has 0 saturated carbocycles. The van der Waals surface area contributed by atoms with Gasteiger partial charge in [-0.25, -0.2) is 9.97 Å². The van der Waals surface area contributed by atoms with E-state index >= 15 is 0 Å². The number of hydrogen-bond donors (Lipinski definition) is 2. The van der Waals surface area contributed by atoms with Gasteiger partial charge in [-0.05, 0) is 56.3 Å². The zero-order valence-electron chi connectivity index (χ0n) is 11.6. The number of rotatable bonds is 3. The van der Waals surface area contributed by atoms with Gasteiger partial charge in [-0.15, -0.1) is 0 Å². The van der Waals surface area contributed by atoms with Crippen molar-refractivity contribution in [2.75, 3.05) is 5.73 Å². The molecular formula is C14H16N4OS. The van der Waals surface area contributed by atoms with Crippen molar-refractivity contribution in [3.05, 3.63) is 40.7 Å². The molecule has 0 fully saturated rings. The zero-order valence-corrected chi connectivity index (χ0v) is 12.4. The molecule has 0 radical (unpaired) electrons. The number of aryl methyl sites for hydroxylation is 2. The Morgan fingerprint density at radius 3 is 2.30 bits per heavy atom. The van der Waals surface area contributed by atoms with Crippen LogP contribution in [0.5, 0.6) is 0 Å². The molecular weight excluding hydrogens is 272 g/mol. The molecule has 1 aromatic heterocycles. The van der Waals surface area contributed by atoms with E-state index in [1.165, 1.54) is 11.8 Å². The Balaban J connectivity index is 2.42. The monoisotopic (exact) mass is 288 g/mol. The molecule has 0 saturated heterocycles. The number of nitrogens with two attached hydrogens (primary N) is 2. The van der Waals surface area contributed by atoms with Gasteiger partial charge in [0.05, 0.1) is 5.56 Å². The van der Waals surface area contributed by atoms with Gasteiger partial charge in [0.25, 0.3) is 0 Å². The van der Waals surface area contributed by atoms with Gasteiger partial charge in [0.15, 0.2) is 5.16 Å². The topological polar surface area (TPSA) is 94.9 Å². The molecule has 0 spiro atoms. The average molecular weight is 288 g/mol. The van der Waals surface area contributed by atoms with E-state index in [1.807, 2.05) is 20.8 Å². The van der Waals surface area contributed by atoms with Gasteiger partial charge in [-0.2, -0.15) is 0 Å². The number of primary amides is 1. The number of carbonyl (C=O) groups is 1. The highest BCUT2D eigenvalue weighted by Crippen LogP contribution is 2.30. The minimum absolute atomic E-state index is 0.384. The lowest BCUT2D eigenvalue weighted by molar-refractivity contribution is 0.0997. The standard InChI is InChI=1S/C14H16N4OS/c1-7-8(2)17-14(18-9(7)3)20-12-5-4-10(15)6-11(12)13(16)19/h4-6H,15H2,1-3H3,(H2,16,19). The lowest BCUT2D eigenvalue weighted by Crippen LogP contribution is -2.12. The summed E-state index contributed by atoms with van der Waals surface area (Å²) in [4.78, 5) is 21.0. The first-order chi connectivity index (χ1) is 9.38. The van der Waals surface area contributed by atoms with Crippen molar-refractivity contribution in [2.45, 2.75) is 30.8 Å². The maximum Gasteiger partial charge on any atom is 0.249 e. The lowest BCUT2D eigenvalue weighted by atomic mass is 10.2. The Hall–Kier alpha value is -2.08. The van der Waals surface area contributed by atoms with Crippen LogP contribution in [0.25, 0.3) is 0 Å². The first kappa shape index (κ1) is 14.3. The van der Waals surface area contributed by atoms with E-state index in [1.54, 1.807) is 18.2 Å². The molecule has 104 valence electrons. The maximum absolute atomic E-state index is 11.5. The zero-order chi connectivity index (χ0) is 14.9.